The maximum absolute atomic E-state index is 2.30. The lowest BCUT2D eigenvalue weighted by Crippen LogP contribution is -2.12. The summed E-state index contributed by atoms with van der Waals surface area (Å²) in [5.74, 6) is 1.28. The molecule has 0 heterocycles. The standard InChI is InChI=1S/C10H22S/c1-9(2,3)7-8-11-10(4,5)6/h7-8H2,1-6H3. The Labute approximate surface area is 76.1 Å². The van der Waals surface area contributed by atoms with Gasteiger partial charge >= 0.3 is 0 Å². The van der Waals surface area contributed by atoms with E-state index in [0.717, 1.165) is 0 Å². The van der Waals surface area contributed by atoms with Gasteiger partial charge in [-0.3, -0.25) is 0 Å². The SMILES string of the molecule is CC(C)(C)CCSC(C)(C)C. The van der Waals surface area contributed by atoms with E-state index in [9.17, 15) is 0 Å². The van der Waals surface area contributed by atoms with Crippen LogP contribution in [0.25, 0.3) is 0 Å². The molecule has 0 rings (SSSR count). The molecule has 0 aliphatic heterocycles. The first-order valence-corrected chi connectivity index (χ1v) is 5.33. The van der Waals surface area contributed by atoms with Crippen molar-refractivity contribution in [2.75, 3.05) is 5.75 Å². The van der Waals surface area contributed by atoms with Crippen LogP contribution in [0.5, 0.6) is 0 Å². The van der Waals surface area contributed by atoms with Crippen molar-refractivity contribution in [3.8, 4) is 0 Å². The maximum Gasteiger partial charge on any atom is 0.00750 e. The third-order valence-corrected chi connectivity index (χ3v) is 2.66. The first kappa shape index (κ1) is 11.4. The Morgan fingerprint density at radius 3 is 1.64 bits per heavy atom. The van der Waals surface area contributed by atoms with Gasteiger partial charge in [-0.05, 0) is 17.6 Å². The summed E-state index contributed by atoms with van der Waals surface area (Å²) in [5.41, 5.74) is 0.498. The zero-order chi connectivity index (χ0) is 9.12. The topological polar surface area (TPSA) is 0 Å². The van der Waals surface area contributed by atoms with Gasteiger partial charge in [-0.15, -0.1) is 0 Å². The highest BCUT2D eigenvalue weighted by atomic mass is 32.2. The quantitative estimate of drug-likeness (QED) is 0.611. The summed E-state index contributed by atoms with van der Waals surface area (Å²) in [5, 5.41) is 0. The molecule has 0 saturated heterocycles. The van der Waals surface area contributed by atoms with Crippen molar-refractivity contribution in [1.29, 1.82) is 0 Å². The minimum atomic E-state index is 0.436. The second-order valence-electron chi connectivity index (χ2n) is 5.27. The average molecular weight is 174 g/mol. The lowest BCUT2D eigenvalue weighted by Gasteiger charge is -2.22. The molecule has 0 aliphatic rings. The van der Waals surface area contributed by atoms with E-state index in [4.69, 9.17) is 0 Å². The van der Waals surface area contributed by atoms with Gasteiger partial charge in [0.25, 0.3) is 0 Å². The lowest BCUT2D eigenvalue weighted by molar-refractivity contribution is 0.401. The Hall–Kier alpha value is 0.350. The van der Waals surface area contributed by atoms with Crippen molar-refractivity contribution in [2.24, 2.45) is 5.41 Å². The average Bonchev–Trinajstić information content (AvgIpc) is 1.55. The first-order valence-electron chi connectivity index (χ1n) is 4.35. The summed E-state index contributed by atoms with van der Waals surface area (Å²) in [6.07, 6.45) is 1.31. The fraction of sp³-hybridized carbons (Fsp3) is 1.00. The zero-order valence-corrected chi connectivity index (χ0v) is 9.64. The molecule has 0 radical (unpaired) electrons. The molecule has 0 atom stereocenters. The van der Waals surface area contributed by atoms with Crippen LogP contribution in [-0.2, 0) is 0 Å². The summed E-state index contributed by atoms with van der Waals surface area (Å²) >= 11 is 2.06. The van der Waals surface area contributed by atoms with E-state index in [1.807, 2.05) is 0 Å². The van der Waals surface area contributed by atoms with Gasteiger partial charge in [-0.25, -0.2) is 0 Å². The molecule has 11 heavy (non-hydrogen) atoms. The van der Waals surface area contributed by atoms with Crippen LogP contribution in [0.15, 0.2) is 0 Å². The highest BCUT2D eigenvalue weighted by Gasteiger charge is 2.14. The molecule has 0 aromatic carbocycles. The molecule has 0 fully saturated rings. The Morgan fingerprint density at radius 2 is 1.36 bits per heavy atom. The first-order chi connectivity index (χ1) is 4.71. The van der Waals surface area contributed by atoms with Gasteiger partial charge < -0.3 is 0 Å². The molecule has 68 valence electrons. The smallest absolute Gasteiger partial charge is 0.00750 e. The number of hydrogen-bond acceptors (Lipinski definition) is 1. The zero-order valence-electron chi connectivity index (χ0n) is 8.82. The van der Waals surface area contributed by atoms with Gasteiger partial charge in [0, 0.05) is 4.75 Å². The molecule has 0 bridgehead atoms. The van der Waals surface area contributed by atoms with E-state index < -0.39 is 0 Å². The third kappa shape index (κ3) is 10.4. The molecule has 0 aliphatic carbocycles. The summed E-state index contributed by atoms with van der Waals surface area (Å²) in [6.45, 7) is 13.7. The highest BCUT2D eigenvalue weighted by Crippen LogP contribution is 2.28. The van der Waals surface area contributed by atoms with Crippen molar-refractivity contribution in [3.63, 3.8) is 0 Å². The Bertz CT molecular complexity index is 89.0. The van der Waals surface area contributed by atoms with Crippen molar-refractivity contribution < 1.29 is 0 Å². The minimum Gasteiger partial charge on any atom is -0.156 e. The van der Waals surface area contributed by atoms with Gasteiger partial charge in [-0.2, -0.15) is 11.8 Å². The molecule has 0 nitrogen and oxygen atoms in total. The van der Waals surface area contributed by atoms with Crippen molar-refractivity contribution in [2.45, 2.75) is 52.7 Å². The molecule has 0 N–H and O–H groups in total. The molecular formula is C10H22S. The van der Waals surface area contributed by atoms with Crippen molar-refractivity contribution in [3.05, 3.63) is 0 Å². The molecular weight excluding hydrogens is 152 g/mol. The van der Waals surface area contributed by atoms with E-state index in [1.54, 1.807) is 0 Å². The number of rotatable bonds is 2. The normalized spacial score (nSPS) is 13.6. The molecule has 1 heteroatoms. The molecule has 0 amide bonds. The number of hydrogen-bond donors (Lipinski definition) is 0. The van der Waals surface area contributed by atoms with Crippen LogP contribution in [-0.4, -0.2) is 10.5 Å². The van der Waals surface area contributed by atoms with E-state index >= 15 is 0 Å². The van der Waals surface area contributed by atoms with E-state index in [2.05, 4.69) is 53.3 Å². The second-order valence-corrected chi connectivity index (χ2v) is 7.19. The fourth-order valence-electron chi connectivity index (χ4n) is 0.663. The Morgan fingerprint density at radius 1 is 0.909 bits per heavy atom. The fourth-order valence-corrected chi connectivity index (χ4v) is 1.99. The molecule has 0 aromatic heterocycles. The Balaban J connectivity index is 3.44. The van der Waals surface area contributed by atoms with Crippen LogP contribution in [0.2, 0.25) is 0 Å². The van der Waals surface area contributed by atoms with Crippen LogP contribution in [0.3, 0.4) is 0 Å². The van der Waals surface area contributed by atoms with Gasteiger partial charge in [-0.1, -0.05) is 41.5 Å². The van der Waals surface area contributed by atoms with E-state index in [1.165, 1.54) is 12.2 Å². The summed E-state index contributed by atoms with van der Waals surface area (Å²) in [7, 11) is 0. The van der Waals surface area contributed by atoms with Crippen molar-refractivity contribution in [1.82, 2.24) is 0 Å². The van der Waals surface area contributed by atoms with Crippen LogP contribution < -0.4 is 0 Å². The monoisotopic (exact) mass is 174 g/mol. The predicted octanol–water partition coefficient (Wildman–Crippen LogP) is 3.95. The van der Waals surface area contributed by atoms with E-state index in [-0.39, 0.29) is 0 Å². The largest absolute Gasteiger partial charge is 0.156 e. The van der Waals surface area contributed by atoms with Crippen LogP contribution >= 0.6 is 11.8 Å². The molecule has 0 unspecified atom stereocenters. The minimum absolute atomic E-state index is 0.436. The highest BCUT2D eigenvalue weighted by molar-refractivity contribution is 8.00. The van der Waals surface area contributed by atoms with Gasteiger partial charge in [0.15, 0.2) is 0 Å². The lowest BCUT2D eigenvalue weighted by atomic mass is 9.94. The molecule has 0 spiro atoms. The van der Waals surface area contributed by atoms with Gasteiger partial charge in [0.05, 0.1) is 0 Å². The van der Waals surface area contributed by atoms with Crippen LogP contribution in [0.4, 0.5) is 0 Å². The maximum atomic E-state index is 2.30. The van der Waals surface area contributed by atoms with Gasteiger partial charge in [0.2, 0.25) is 0 Å². The van der Waals surface area contributed by atoms with E-state index in [0.29, 0.717) is 10.2 Å². The molecule has 0 saturated carbocycles. The summed E-state index contributed by atoms with van der Waals surface area (Å²) in [4.78, 5) is 0. The van der Waals surface area contributed by atoms with Crippen LogP contribution in [0, 0.1) is 5.41 Å². The second kappa shape index (κ2) is 3.84. The molecule has 0 aromatic rings. The van der Waals surface area contributed by atoms with Crippen LogP contribution in [0.1, 0.15) is 48.0 Å². The van der Waals surface area contributed by atoms with Crippen molar-refractivity contribution >= 4 is 11.8 Å². The predicted molar refractivity (Wildman–Crippen MR) is 56.3 cm³/mol. The third-order valence-electron chi connectivity index (χ3n) is 1.39. The van der Waals surface area contributed by atoms with Gasteiger partial charge in [0.1, 0.15) is 0 Å². The summed E-state index contributed by atoms with van der Waals surface area (Å²) < 4.78 is 0.436. The summed E-state index contributed by atoms with van der Waals surface area (Å²) in [6, 6.07) is 0. The Kier molecular flexibility index (Phi) is 3.96. The number of thioether (sulfide) groups is 1.